The lowest BCUT2D eigenvalue weighted by atomic mass is 10.1. The van der Waals surface area contributed by atoms with Crippen LogP contribution in [0, 0.1) is 5.92 Å². The van der Waals surface area contributed by atoms with E-state index in [1.54, 1.807) is 16.7 Å². The fraction of sp³-hybridized carbons (Fsp3) is 0.389. The standard InChI is InChI=1S/C18H22N2O5S/c1-3-8-25-11-15(18(23)24)19-17(22)12-9-16(21)20(10-12)13-4-6-14(26-2)7-5-13/h3-7,12,15H,1,8-11H2,2H3,(H,19,22)(H,23,24). The maximum absolute atomic E-state index is 12.4. The largest absolute Gasteiger partial charge is 0.480 e. The van der Waals surface area contributed by atoms with Crippen LogP contribution in [0.1, 0.15) is 6.42 Å². The normalized spacial score (nSPS) is 17.8. The van der Waals surface area contributed by atoms with Crippen LogP contribution < -0.4 is 10.2 Å². The highest BCUT2D eigenvalue weighted by Gasteiger charge is 2.36. The Labute approximate surface area is 156 Å². The summed E-state index contributed by atoms with van der Waals surface area (Å²) in [6, 6.07) is 6.35. The van der Waals surface area contributed by atoms with Gasteiger partial charge in [0.1, 0.15) is 0 Å². The zero-order chi connectivity index (χ0) is 19.1. The van der Waals surface area contributed by atoms with Crippen LogP contribution in [0.4, 0.5) is 5.69 Å². The molecule has 1 aliphatic rings. The number of ether oxygens (including phenoxy) is 1. The molecule has 7 nitrogen and oxygen atoms in total. The van der Waals surface area contributed by atoms with Gasteiger partial charge in [-0.15, -0.1) is 18.3 Å². The average molecular weight is 378 g/mol. The molecule has 2 atom stereocenters. The molecule has 2 N–H and O–H groups in total. The van der Waals surface area contributed by atoms with Crippen LogP contribution in [0.15, 0.2) is 41.8 Å². The topological polar surface area (TPSA) is 95.9 Å². The van der Waals surface area contributed by atoms with Crippen LogP contribution in [-0.2, 0) is 19.1 Å². The van der Waals surface area contributed by atoms with E-state index in [0.717, 1.165) is 10.6 Å². The van der Waals surface area contributed by atoms with E-state index in [2.05, 4.69) is 11.9 Å². The first-order chi connectivity index (χ1) is 12.5. The van der Waals surface area contributed by atoms with E-state index in [1.165, 1.54) is 6.08 Å². The summed E-state index contributed by atoms with van der Waals surface area (Å²) < 4.78 is 5.11. The molecule has 26 heavy (non-hydrogen) atoms. The van der Waals surface area contributed by atoms with E-state index in [4.69, 9.17) is 4.74 Å². The Hall–Kier alpha value is -2.32. The Bertz CT molecular complexity index is 677. The molecule has 140 valence electrons. The number of aliphatic carboxylic acids is 1. The molecule has 0 aromatic heterocycles. The Balaban J connectivity index is 1.98. The summed E-state index contributed by atoms with van der Waals surface area (Å²) in [6.45, 7) is 3.74. The summed E-state index contributed by atoms with van der Waals surface area (Å²) in [6.07, 6.45) is 3.51. The fourth-order valence-electron chi connectivity index (χ4n) is 2.63. The fourth-order valence-corrected chi connectivity index (χ4v) is 3.04. The molecule has 2 rings (SSSR count). The second-order valence-corrected chi connectivity index (χ2v) is 6.71. The number of benzene rings is 1. The van der Waals surface area contributed by atoms with Gasteiger partial charge in [0, 0.05) is 23.5 Å². The lowest BCUT2D eigenvalue weighted by Crippen LogP contribution is -2.46. The molecule has 0 saturated carbocycles. The SMILES string of the molecule is C=CCOCC(NC(=O)C1CC(=O)N(c2ccc(SC)cc2)C1)C(=O)O. The number of hydrogen-bond acceptors (Lipinski definition) is 5. The highest BCUT2D eigenvalue weighted by atomic mass is 32.2. The van der Waals surface area contributed by atoms with Gasteiger partial charge in [-0.2, -0.15) is 0 Å². The van der Waals surface area contributed by atoms with Gasteiger partial charge in [-0.05, 0) is 30.5 Å². The first-order valence-corrected chi connectivity index (χ1v) is 9.35. The van der Waals surface area contributed by atoms with Gasteiger partial charge in [0.05, 0.1) is 19.1 Å². The van der Waals surface area contributed by atoms with Crippen LogP contribution >= 0.6 is 11.8 Å². The van der Waals surface area contributed by atoms with E-state index in [9.17, 15) is 19.5 Å². The van der Waals surface area contributed by atoms with Crippen molar-refractivity contribution >= 4 is 35.2 Å². The summed E-state index contributed by atoms with van der Waals surface area (Å²) in [5.41, 5.74) is 0.729. The number of carbonyl (C=O) groups is 3. The number of carbonyl (C=O) groups excluding carboxylic acids is 2. The Kier molecular flexibility index (Phi) is 7.23. The molecular weight excluding hydrogens is 356 g/mol. The molecule has 0 spiro atoms. The highest BCUT2D eigenvalue weighted by molar-refractivity contribution is 7.98. The van der Waals surface area contributed by atoms with Crippen molar-refractivity contribution in [3.63, 3.8) is 0 Å². The summed E-state index contributed by atoms with van der Waals surface area (Å²) in [5, 5.41) is 11.6. The average Bonchev–Trinajstić information content (AvgIpc) is 3.02. The number of carboxylic acid groups (broad SMARTS) is 1. The minimum absolute atomic E-state index is 0.0516. The summed E-state index contributed by atoms with van der Waals surface area (Å²) in [5.74, 6) is -2.40. The third kappa shape index (κ3) is 5.09. The van der Waals surface area contributed by atoms with Gasteiger partial charge >= 0.3 is 5.97 Å². The molecule has 1 fully saturated rings. The molecule has 0 bridgehead atoms. The van der Waals surface area contributed by atoms with Crippen molar-refractivity contribution in [3.8, 4) is 0 Å². The molecule has 1 aromatic rings. The zero-order valence-electron chi connectivity index (χ0n) is 14.5. The molecule has 1 aromatic carbocycles. The van der Waals surface area contributed by atoms with Crippen molar-refractivity contribution in [2.24, 2.45) is 5.92 Å². The van der Waals surface area contributed by atoms with Crippen molar-refractivity contribution in [2.45, 2.75) is 17.4 Å². The lowest BCUT2D eigenvalue weighted by molar-refractivity contribution is -0.144. The Morgan fingerprint density at radius 3 is 2.73 bits per heavy atom. The molecule has 1 aliphatic heterocycles. The van der Waals surface area contributed by atoms with Crippen molar-refractivity contribution in [1.29, 1.82) is 0 Å². The molecular formula is C18H22N2O5S. The van der Waals surface area contributed by atoms with Gasteiger partial charge < -0.3 is 20.1 Å². The maximum atomic E-state index is 12.4. The highest BCUT2D eigenvalue weighted by Crippen LogP contribution is 2.27. The third-order valence-electron chi connectivity index (χ3n) is 4.01. The number of carboxylic acids is 1. The maximum Gasteiger partial charge on any atom is 0.328 e. The predicted molar refractivity (Wildman–Crippen MR) is 99.3 cm³/mol. The predicted octanol–water partition coefficient (Wildman–Crippen LogP) is 1.53. The molecule has 1 heterocycles. The van der Waals surface area contributed by atoms with E-state index < -0.39 is 23.8 Å². The molecule has 8 heteroatoms. The van der Waals surface area contributed by atoms with Gasteiger partial charge in [0.2, 0.25) is 11.8 Å². The van der Waals surface area contributed by atoms with Crippen LogP contribution in [0.25, 0.3) is 0 Å². The Morgan fingerprint density at radius 1 is 1.46 bits per heavy atom. The van der Waals surface area contributed by atoms with Crippen molar-refractivity contribution in [2.75, 3.05) is 30.9 Å². The van der Waals surface area contributed by atoms with Gasteiger partial charge in [-0.1, -0.05) is 6.08 Å². The van der Waals surface area contributed by atoms with E-state index in [-0.39, 0.29) is 32.1 Å². The van der Waals surface area contributed by atoms with Gasteiger partial charge in [0.25, 0.3) is 0 Å². The monoisotopic (exact) mass is 378 g/mol. The number of hydrogen-bond donors (Lipinski definition) is 2. The minimum atomic E-state index is -1.18. The molecule has 0 aliphatic carbocycles. The van der Waals surface area contributed by atoms with Crippen LogP contribution in [-0.4, -0.2) is 54.9 Å². The van der Waals surface area contributed by atoms with Crippen LogP contribution in [0.2, 0.25) is 0 Å². The van der Waals surface area contributed by atoms with Crippen LogP contribution in [0.3, 0.4) is 0 Å². The third-order valence-corrected chi connectivity index (χ3v) is 4.76. The van der Waals surface area contributed by atoms with E-state index in [1.807, 2.05) is 30.5 Å². The van der Waals surface area contributed by atoms with Gasteiger partial charge in [0.15, 0.2) is 6.04 Å². The smallest absolute Gasteiger partial charge is 0.328 e. The lowest BCUT2D eigenvalue weighted by Gasteiger charge is -2.19. The van der Waals surface area contributed by atoms with Crippen molar-refractivity contribution < 1.29 is 24.2 Å². The molecule has 2 unspecified atom stereocenters. The number of nitrogens with zero attached hydrogens (tertiary/aromatic N) is 1. The minimum Gasteiger partial charge on any atom is -0.480 e. The number of nitrogens with one attached hydrogen (secondary N) is 1. The summed E-state index contributed by atoms with van der Waals surface area (Å²) in [7, 11) is 0. The molecule has 1 saturated heterocycles. The summed E-state index contributed by atoms with van der Waals surface area (Å²) >= 11 is 1.60. The second kappa shape index (κ2) is 9.40. The number of anilines is 1. The molecule has 2 amide bonds. The number of amides is 2. The quantitative estimate of drug-likeness (QED) is 0.384. The van der Waals surface area contributed by atoms with E-state index >= 15 is 0 Å². The second-order valence-electron chi connectivity index (χ2n) is 5.83. The van der Waals surface area contributed by atoms with Gasteiger partial charge in [-0.25, -0.2) is 4.79 Å². The van der Waals surface area contributed by atoms with Crippen molar-refractivity contribution in [3.05, 3.63) is 36.9 Å². The number of rotatable bonds is 9. The van der Waals surface area contributed by atoms with Gasteiger partial charge in [-0.3, -0.25) is 9.59 Å². The Morgan fingerprint density at radius 2 is 2.15 bits per heavy atom. The molecule has 0 radical (unpaired) electrons. The first-order valence-electron chi connectivity index (χ1n) is 8.12. The number of thioether (sulfide) groups is 1. The zero-order valence-corrected chi connectivity index (χ0v) is 15.3. The first kappa shape index (κ1) is 20.0. The van der Waals surface area contributed by atoms with Crippen LogP contribution in [0.5, 0.6) is 0 Å². The summed E-state index contributed by atoms with van der Waals surface area (Å²) in [4.78, 5) is 38.5. The van der Waals surface area contributed by atoms with E-state index in [0.29, 0.717) is 0 Å². The van der Waals surface area contributed by atoms with Crippen molar-refractivity contribution in [1.82, 2.24) is 5.32 Å².